The van der Waals surface area contributed by atoms with E-state index >= 15 is 0 Å². The number of amides is 9. The number of rotatable bonds is 30. The number of carbonyl (C=O) groups is 10. The highest BCUT2D eigenvalue weighted by molar-refractivity contribution is 7.10. The van der Waals surface area contributed by atoms with E-state index in [1.165, 1.54) is 22.9 Å². The van der Waals surface area contributed by atoms with Crippen LogP contribution in [0.3, 0.4) is 0 Å². The minimum atomic E-state index is -1.31. The first-order valence-corrected chi connectivity index (χ1v) is 28.3. The zero-order chi connectivity index (χ0) is 59.5. The van der Waals surface area contributed by atoms with Crippen molar-refractivity contribution in [3.05, 3.63) is 114 Å². The molecular weight excluding hydrogens is 1110 g/mol. The van der Waals surface area contributed by atoms with Gasteiger partial charge in [-0.3, -0.25) is 43.2 Å². The van der Waals surface area contributed by atoms with Gasteiger partial charge in [-0.05, 0) is 47.4 Å². The fraction of sp³-hybridized carbons (Fsp3) is 0.415. The molecule has 28 heteroatoms. The number of phenols is 1. The van der Waals surface area contributed by atoms with E-state index in [1.54, 1.807) is 61.7 Å². The Bertz CT molecular complexity index is 3020. The molecule has 6 atom stereocenters. The molecule has 14 N–H and O–H groups in total. The Labute approximate surface area is 478 Å². The normalized spacial score (nSPS) is 13.4. The van der Waals surface area contributed by atoms with E-state index in [1.807, 2.05) is 27.7 Å². The largest absolute Gasteiger partial charge is 0.508 e. The van der Waals surface area contributed by atoms with Crippen LogP contribution in [0.2, 0.25) is 0 Å². The Morgan fingerprint density at radius 3 is 1.64 bits per heavy atom. The van der Waals surface area contributed by atoms with Crippen LogP contribution in [0.4, 0.5) is 0 Å². The zero-order valence-electron chi connectivity index (χ0n) is 45.3. The summed E-state index contributed by atoms with van der Waals surface area (Å²) in [5, 5.41) is 45.9. The first-order chi connectivity index (χ1) is 38.4. The number of aromatic hydroxyl groups is 1. The van der Waals surface area contributed by atoms with Crippen molar-refractivity contribution in [2.75, 3.05) is 19.6 Å². The van der Waals surface area contributed by atoms with Crippen LogP contribution in [0, 0.1) is 17.8 Å². The topological polar surface area (TPSA) is 398 Å². The van der Waals surface area contributed by atoms with Gasteiger partial charge in [-0.15, -0.1) is 34.0 Å². The smallest absolute Gasteiger partial charge is 0.355 e. The van der Waals surface area contributed by atoms with Crippen LogP contribution < -0.4 is 54.0 Å². The molecule has 0 aliphatic heterocycles. The summed E-state index contributed by atoms with van der Waals surface area (Å²) in [5.41, 5.74) is 11.7. The Morgan fingerprint density at radius 1 is 0.556 bits per heavy atom. The summed E-state index contributed by atoms with van der Waals surface area (Å²) < 4.78 is 0. The lowest BCUT2D eigenvalue weighted by molar-refractivity contribution is -0.133. The van der Waals surface area contributed by atoms with E-state index in [2.05, 4.69) is 57.5 Å². The van der Waals surface area contributed by atoms with Gasteiger partial charge in [0.2, 0.25) is 41.4 Å². The Kier molecular flexibility index (Phi) is 23.9. The summed E-state index contributed by atoms with van der Waals surface area (Å²) in [4.78, 5) is 144. The highest BCUT2D eigenvalue weighted by Crippen LogP contribution is 2.29. The molecule has 0 aliphatic rings. The van der Waals surface area contributed by atoms with Crippen molar-refractivity contribution >= 4 is 93.1 Å². The summed E-state index contributed by atoms with van der Waals surface area (Å²) in [6.45, 7) is 9.77. The maximum Gasteiger partial charge on any atom is 0.355 e. The summed E-state index contributed by atoms with van der Waals surface area (Å²) in [6.07, 6.45) is -0.0606. The number of thiazole rings is 3. The molecule has 9 amide bonds. The van der Waals surface area contributed by atoms with Gasteiger partial charge in [0.25, 0.3) is 11.8 Å². The molecule has 5 rings (SSSR count). The molecule has 434 valence electrons. The molecule has 0 unspecified atom stereocenters. The minimum Gasteiger partial charge on any atom is -0.508 e. The number of aromatic nitrogens is 3. The number of nitrogens with one attached hydrogen (secondary N) is 8. The lowest BCUT2D eigenvalue weighted by atomic mass is 9.99. The molecule has 0 saturated carbocycles. The van der Waals surface area contributed by atoms with Crippen LogP contribution in [0.15, 0.2) is 70.7 Å². The molecule has 0 saturated heterocycles. The first-order valence-electron chi connectivity index (χ1n) is 25.7. The predicted octanol–water partition coefficient (Wildman–Crippen LogP) is 1.92. The Hall–Kier alpha value is -8.21. The SMILES string of the molecule is CC(C)C[C@@H](NC(=O)c1csc([C@@H](NC(=O)[C@H](Cc2ccccc2)NC(=O)[C@@H](NC(=O)CNC(=O)CNC(=O)CN)C(C)C)C(C)C)n1)c1nc(C(=O)N[C@H](Cc2ccc(O)cc2)C(=O)N[C@@H](CC(N)=O)c2nc(C(=O)O)cs2)cs1. The molecule has 81 heavy (non-hydrogen) atoms. The highest BCUT2D eigenvalue weighted by atomic mass is 32.1. The van der Waals surface area contributed by atoms with Crippen molar-refractivity contribution in [3.63, 3.8) is 0 Å². The van der Waals surface area contributed by atoms with E-state index in [0.29, 0.717) is 22.0 Å². The molecule has 5 aromatic rings. The van der Waals surface area contributed by atoms with Gasteiger partial charge in [-0.25, -0.2) is 19.7 Å². The van der Waals surface area contributed by atoms with Crippen molar-refractivity contribution in [2.24, 2.45) is 29.2 Å². The molecule has 0 spiro atoms. The Balaban J connectivity index is 1.30. The van der Waals surface area contributed by atoms with Crippen LogP contribution in [0.1, 0.15) is 130 Å². The molecular formula is C53H67N13O12S3. The number of aromatic carboxylic acids is 1. The van der Waals surface area contributed by atoms with Gasteiger partial charge in [-0.2, -0.15) is 0 Å². The van der Waals surface area contributed by atoms with Crippen LogP contribution >= 0.6 is 34.0 Å². The number of hydrogen-bond acceptors (Lipinski definition) is 18. The molecule has 3 heterocycles. The van der Waals surface area contributed by atoms with Gasteiger partial charge >= 0.3 is 5.97 Å². The minimum absolute atomic E-state index is 0.0201. The quantitative estimate of drug-likeness (QED) is 0.0312. The van der Waals surface area contributed by atoms with Gasteiger partial charge in [0.05, 0.1) is 44.2 Å². The lowest BCUT2D eigenvalue weighted by Crippen LogP contribution is -2.57. The number of hydrogen-bond donors (Lipinski definition) is 12. The zero-order valence-corrected chi connectivity index (χ0v) is 47.7. The summed E-state index contributed by atoms with van der Waals surface area (Å²) in [7, 11) is 0. The summed E-state index contributed by atoms with van der Waals surface area (Å²) in [5.74, 6) is -8.08. The first kappa shape index (κ1) is 63.6. The Morgan fingerprint density at radius 2 is 1.07 bits per heavy atom. The van der Waals surface area contributed by atoms with E-state index in [4.69, 9.17) is 11.5 Å². The third kappa shape index (κ3) is 19.8. The highest BCUT2D eigenvalue weighted by Gasteiger charge is 2.34. The number of carbonyl (C=O) groups excluding carboxylic acids is 9. The third-order valence-corrected chi connectivity index (χ3v) is 14.9. The van der Waals surface area contributed by atoms with Gasteiger partial charge in [0.15, 0.2) is 5.69 Å². The van der Waals surface area contributed by atoms with Crippen molar-refractivity contribution in [1.82, 2.24) is 57.5 Å². The number of nitrogens with two attached hydrogens (primary N) is 2. The number of benzene rings is 2. The number of carboxylic acid groups (broad SMARTS) is 1. The average molecular weight is 1170 g/mol. The van der Waals surface area contributed by atoms with E-state index in [9.17, 15) is 58.2 Å². The number of carboxylic acids is 1. The van der Waals surface area contributed by atoms with E-state index in [-0.39, 0.29) is 59.1 Å². The van der Waals surface area contributed by atoms with Crippen LogP contribution in [-0.2, 0) is 46.4 Å². The second kappa shape index (κ2) is 30.4. The summed E-state index contributed by atoms with van der Waals surface area (Å²) >= 11 is 3.14. The van der Waals surface area contributed by atoms with Gasteiger partial charge < -0.3 is 64.2 Å². The van der Waals surface area contributed by atoms with Crippen molar-refractivity contribution in [1.29, 1.82) is 0 Å². The van der Waals surface area contributed by atoms with Crippen LogP contribution in [0.25, 0.3) is 0 Å². The van der Waals surface area contributed by atoms with Gasteiger partial charge in [-0.1, -0.05) is 84.0 Å². The second-order valence-corrected chi connectivity index (χ2v) is 22.5. The number of nitrogens with zero attached hydrogens (tertiary/aromatic N) is 3. The molecule has 0 aliphatic carbocycles. The predicted molar refractivity (Wildman–Crippen MR) is 300 cm³/mol. The second-order valence-electron chi connectivity index (χ2n) is 19.8. The van der Waals surface area contributed by atoms with Gasteiger partial charge in [0.1, 0.15) is 50.3 Å². The van der Waals surface area contributed by atoms with E-state index in [0.717, 1.165) is 39.6 Å². The average Bonchev–Trinajstić information content (AvgIpc) is 4.24. The fourth-order valence-corrected chi connectivity index (χ4v) is 10.6. The van der Waals surface area contributed by atoms with Crippen molar-refractivity contribution in [2.45, 2.75) is 103 Å². The monoisotopic (exact) mass is 1170 g/mol. The summed E-state index contributed by atoms with van der Waals surface area (Å²) in [6, 6.07) is 8.74. The maximum atomic E-state index is 14.3. The molecule has 25 nitrogen and oxygen atoms in total. The molecule has 3 aromatic heterocycles. The molecule has 2 aromatic carbocycles. The van der Waals surface area contributed by atoms with Crippen molar-refractivity contribution in [3.8, 4) is 5.75 Å². The van der Waals surface area contributed by atoms with Crippen LogP contribution in [0.5, 0.6) is 5.75 Å². The van der Waals surface area contributed by atoms with E-state index < -0.39 is 121 Å². The van der Waals surface area contributed by atoms with Crippen LogP contribution in [-0.4, -0.2) is 122 Å². The fourth-order valence-electron chi connectivity index (χ4n) is 7.88. The molecule has 0 radical (unpaired) electrons. The standard InChI is InChI=1S/C53H67N13O12S3/c1-26(2)16-34(50-62-36(23-79-50)47(74)58-32(18-30-12-14-31(67)15-13-30)45(72)61-35(19-39(55)68)51-64-38(25-80-51)53(77)78)60-48(75)37-24-81-52(63-37)44(28(5)6)66-46(73)33(17-29-10-8-7-9-11-29)59-49(76)43(27(3)4)65-42(71)22-57-41(70)21-56-40(69)20-54/h7-15,23-28,32-35,43-44,67H,16-22,54H2,1-6H3,(H2,55,68)(H,56,69)(H,57,70)(H,58,74)(H,59,76)(H,60,75)(H,61,72)(H,65,71)(H,66,73)(H,77,78)/t32-,33+,34-,35+,43+,44+/m1/s1. The van der Waals surface area contributed by atoms with Gasteiger partial charge in [0, 0.05) is 29.0 Å². The third-order valence-electron chi connectivity index (χ3n) is 12.1. The molecule has 0 fully saturated rings. The maximum absolute atomic E-state index is 14.3. The number of phenolic OH excluding ortho intramolecular Hbond substituents is 1. The lowest BCUT2D eigenvalue weighted by Gasteiger charge is -2.27. The number of primary amides is 1. The molecule has 0 bridgehead atoms. The van der Waals surface area contributed by atoms with Crippen molar-refractivity contribution < 1.29 is 58.2 Å².